The van der Waals surface area contributed by atoms with Crippen LogP contribution < -0.4 is 5.32 Å². The van der Waals surface area contributed by atoms with E-state index in [1.54, 1.807) is 11.8 Å². The molecular weight excluding hydrogens is 262 g/mol. The molecule has 1 saturated carbocycles. The van der Waals surface area contributed by atoms with Crippen LogP contribution in [-0.4, -0.2) is 6.26 Å². The number of anilines is 1. The molecule has 0 radical (unpaired) electrons. The smallest absolute Gasteiger partial charge is 0.0542 e. The molecule has 1 N–H and O–H groups in total. The summed E-state index contributed by atoms with van der Waals surface area (Å²) in [5, 5.41) is 3.74. The molecular formula is C18H21NS. The second kappa shape index (κ2) is 5.92. The molecule has 0 aliphatic heterocycles. The number of hydrogen-bond acceptors (Lipinski definition) is 2. The van der Waals surface area contributed by atoms with Crippen molar-refractivity contribution in [3.05, 3.63) is 59.7 Å². The molecule has 1 unspecified atom stereocenters. The first-order valence-corrected chi connectivity index (χ1v) is 8.46. The van der Waals surface area contributed by atoms with Gasteiger partial charge in [0.1, 0.15) is 0 Å². The minimum Gasteiger partial charge on any atom is -0.378 e. The van der Waals surface area contributed by atoms with E-state index < -0.39 is 0 Å². The van der Waals surface area contributed by atoms with Crippen molar-refractivity contribution in [3.8, 4) is 0 Å². The van der Waals surface area contributed by atoms with E-state index in [0.717, 1.165) is 5.92 Å². The number of thioether (sulfide) groups is 1. The van der Waals surface area contributed by atoms with Crippen molar-refractivity contribution < 1.29 is 0 Å². The summed E-state index contributed by atoms with van der Waals surface area (Å²) in [5.41, 5.74) is 3.97. The predicted molar refractivity (Wildman–Crippen MR) is 88.5 cm³/mol. The standard InChI is InChI=1S/C18H21NS/c1-13-6-8-14(9-7-13)18(15-10-11-15)19-16-4-3-5-17(12-16)20-2/h3-9,12,15,18-19H,10-11H2,1-2H3. The van der Waals surface area contributed by atoms with Crippen LogP contribution in [0.4, 0.5) is 5.69 Å². The molecule has 1 atom stereocenters. The Balaban J connectivity index is 1.82. The first-order chi connectivity index (χ1) is 9.76. The van der Waals surface area contributed by atoms with E-state index in [0.29, 0.717) is 6.04 Å². The summed E-state index contributed by atoms with van der Waals surface area (Å²) in [5.74, 6) is 0.788. The number of rotatable bonds is 5. The monoisotopic (exact) mass is 283 g/mol. The maximum atomic E-state index is 3.74. The van der Waals surface area contributed by atoms with Crippen LogP contribution >= 0.6 is 11.8 Å². The van der Waals surface area contributed by atoms with Gasteiger partial charge in [0.2, 0.25) is 0 Å². The summed E-state index contributed by atoms with van der Waals surface area (Å²) in [6.07, 6.45) is 4.80. The van der Waals surface area contributed by atoms with Crippen LogP contribution in [0.2, 0.25) is 0 Å². The van der Waals surface area contributed by atoms with E-state index in [1.807, 2.05) is 0 Å². The van der Waals surface area contributed by atoms with Gasteiger partial charge in [-0.2, -0.15) is 0 Å². The molecule has 1 fully saturated rings. The van der Waals surface area contributed by atoms with Crippen LogP contribution in [0, 0.1) is 12.8 Å². The maximum absolute atomic E-state index is 3.74. The number of nitrogens with one attached hydrogen (secondary N) is 1. The van der Waals surface area contributed by atoms with Gasteiger partial charge in [-0.1, -0.05) is 35.9 Å². The third-order valence-corrected chi connectivity index (χ3v) is 4.65. The number of benzene rings is 2. The highest BCUT2D eigenvalue weighted by Gasteiger charge is 2.32. The van der Waals surface area contributed by atoms with E-state index in [2.05, 4.69) is 67.0 Å². The SMILES string of the molecule is CSc1cccc(NC(c2ccc(C)cc2)C2CC2)c1. The lowest BCUT2D eigenvalue weighted by Crippen LogP contribution is -2.12. The third-order valence-electron chi connectivity index (χ3n) is 3.92. The highest BCUT2D eigenvalue weighted by atomic mass is 32.2. The van der Waals surface area contributed by atoms with Gasteiger partial charge in [-0.15, -0.1) is 11.8 Å². The summed E-state index contributed by atoms with van der Waals surface area (Å²) in [6, 6.07) is 18.1. The average molecular weight is 283 g/mol. The lowest BCUT2D eigenvalue weighted by Gasteiger charge is -2.20. The second-order valence-electron chi connectivity index (χ2n) is 5.60. The Morgan fingerprint density at radius 3 is 2.50 bits per heavy atom. The summed E-state index contributed by atoms with van der Waals surface area (Å²) < 4.78 is 0. The van der Waals surface area contributed by atoms with Crippen LogP contribution in [0.1, 0.15) is 30.0 Å². The van der Waals surface area contributed by atoms with Crippen molar-refractivity contribution in [1.29, 1.82) is 0 Å². The van der Waals surface area contributed by atoms with Gasteiger partial charge in [-0.3, -0.25) is 0 Å². The molecule has 3 rings (SSSR count). The summed E-state index contributed by atoms with van der Waals surface area (Å²) >= 11 is 1.79. The van der Waals surface area contributed by atoms with Crippen LogP contribution in [0.25, 0.3) is 0 Å². The van der Waals surface area contributed by atoms with Crippen molar-refractivity contribution in [2.45, 2.75) is 30.7 Å². The summed E-state index contributed by atoms with van der Waals surface area (Å²) in [6.45, 7) is 2.14. The summed E-state index contributed by atoms with van der Waals surface area (Å²) in [7, 11) is 0. The Morgan fingerprint density at radius 1 is 1.10 bits per heavy atom. The van der Waals surface area contributed by atoms with E-state index in [1.165, 1.54) is 34.6 Å². The van der Waals surface area contributed by atoms with Gasteiger partial charge < -0.3 is 5.32 Å². The van der Waals surface area contributed by atoms with Crippen LogP contribution in [0.5, 0.6) is 0 Å². The minimum atomic E-state index is 0.452. The van der Waals surface area contributed by atoms with E-state index in [4.69, 9.17) is 0 Å². The lowest BCUT2D eigenvalue weighted by molar-refractivity contribution is 0.678. The molecule has 104 valence electrons. The fraction of sp³-hybridized carbons (Fsp3) is 0.333. The van der Waals surface area contributed by atoms with Gasteiger partial charge in [0.15, 0.2) is 0 Å². The second-order valence-corrected chi connectivity index (χ2v) is 6.48. The van der Waals surface area contributed by atoms with Gasteiger partial charge in [0.25, 0.3) is 0 Å². The van der Waals surface area contributed by atoms with Crippen LogP contribution in [-0.2, 0) is 0 Å². The molecule has 0 saturated heterocycles. The molecule has 2 heteroatoms. The molecule has 0 bridgehead atoms. The van der Waals surface area contributed by atoms with E-state index in [9.17, 15) is 0 Å². The Morgan fingerprint density at radius 2 is 1.85 bits per heavy atom. The molecule has 2 aromatic rings. The number of aryl methyl sites for hydroxylation is 1. The molecule has 1 aliphatic carbocycles. The van der Waals surface area contributed by atoms with Gasteiger partial charge in [0, 0.05) is 10.6 Å². The lowest BCUT2D eigenvalue weighted by atomic mass is 10.0. The molecule has 0 spiro atoms. The molecule has 0 aromatic heterocycles. The average Bonchev–Trinajstić information content (AvgIpc) is 3.31. The largest absolute Gasteiger partial charge is 0.378 e. The fourth-order valence-electron chi connectivity index (χ4n) is 2.57. The quantitative estimate of drug-likeness (QED) is 0.749. The van der Waals surface area contributed by atoms with Crippen LogP contribution in [0.15, 0.2) is 53.4 Å². The Labute approximate surface area is 125 Å². The van der Waals surface area contributed by atoms with E-state index >= 15 is 0 Å². The van der Waals surface area contributed by atoms with E-state index in [-0.39, 0.29) is 0 Å². The Bertz CT molecular complexity index is 572. The molecule has 2 aromatic carbocycles. The molecule has 1 nitrogen and oxygen atoms in total. The Hall–Kier alpha value is -1.41. The van der Waals surface area contributed by atoms with Crippen molar-refractivity contribution in [2.24, 2.45) is 5.92 Å². The molecule has 0 amide bonds. The minimum absolute atomic E-state index is 0.452. The zero-order chi connectivity index (χ0) is 13.9. The third kappa shape index (κ3) is 3.18. The van der Waals surface area contributed by atoms with Gasteiger partial charge >= 0.3 is 0 Å². The highest BCUT2D eigenvalue weighted by Crippen LogP contribution is 2.43. The van der Waals surface area contributed by atoms with Crippen molar-refractivity contribution in [3.63, 3.8) is 0 Å². The molecule has 0 heterocycles. The van der Waals surface area contributed by atoms with Crippen molar-refractivity contribution in [1.82, 2.24) is 0 Å². The first kappa shape index (κ1) is 13.6. The van der Waals surface area contributed by atoms with Gasteiger partial charge in [0.05, 0.1) is 6.04 Å². The highest BCUT2D eigenvalue weighted by molar-refractivity contribution is 7.98. The van der Waals surface area contributed by atoms with Gasteiger partial charge in [-0.05, 0) is 55.7 Å². The zero-order valence-corrected chi connectivity index (χ0v) is 12.9. The Kier molecular flexibility index (Phi) is 4.02. The topological polar surface area (TPSA) is 12.0 Å². The van der Waals surface area contributed by atoms with Crippen molar-refractivity contribution >= 4 is 17.4 Å². The fourth-order valence-corrected chi connectivity index (χ4v) is 3.03. The zero-order valence-electron chi connectivity index (χ0n) is 12.1. The molecule has 1 aliphatic rings. The van der Waals surface area contributed by atoms with Gasteiger partial charge in [-0.25, -0.2) is 0 Å². The van der Waals surface area contributed by atoms with Crippen LogP contribution in [0.3, 0.4) is 0 Å². The van der Waals surface area contributed by atoms with Crippen molar-refractivity contribution in [2.75, 3.05) is 11.6 Å². The summed E-state index contributed by atoms with van der Waals surface area (Å²) in [4.78, 5) is 1.31. The maximum Gasteiger partial charge on any atom is 0.0542 e. The predicted octanol–water partition coefficient (Wildman–Crippen LogP) is 5.28. The first-order valence-electron chi connectivity index (χ1n) is 7.23. The normalized spacial score (nSPS) is 15.9. The number of hydrogen-bond donors (Lipinski definition) is 1. The molecule has 20 heavy (non-hydrogen) atoms.